The lowest BCUT2D eigenvalue weighted by Crippen LogP contribution is -1.85. The van der Waals surface area contributed by atoms with E-state index in [-0.39, 0.29) is 5.82 Å². The van der Waals surface area contributed by atoms with E-state index >= 15 is 0 Å². The van der Waals surface area contributed by atoms with E-state index in [9.17, 15) is 9.18 Å². The number of carboxylic acid groups (broad SMARTS) is 1. The molecule has 3 nitrogen and oxygen atoms in total. The summed E-state index contributed by atoms with van der Waals surface area (Å²) in [7, 11) is 0. The molecule has 19 heavy (non-hydrogen) atoms. The predicted molar refractivity (Wildman–Crippen MR) is 74.1 cm³/mol. The lowest BCUT2D eigenvalue weighted by Gasteiger charge is -1.92. The van der Waals surface area contributed by atoms with Gasteiger partial charge in [-0.05, 0) is 29.8 Å². The number of hydrogen-bond donors (Lipinski definition) is 1. The summed E-state index contributed by atoms with van der Waals surface area (Å²) in [5.74, 6) is -1.30. The van der Waals surface area contributed by atoms with Crippen LogP contribution in [0.25, 0.3) is 18.2 Å². The maximum Gasteiger partial charge on any atom is 0.328 e. The number of benzene rings is 1. The molecule has 1 aromatic heterocycles. The van der Waals surface area contributed by atoms with E-state index < -0.39 is 5.97 Å². The van der Waals surface area contributed by atoms with Crippen LogP contribution in [0.1, 0.15) is 16.3 Å². The Hall–Kier alpha value is -2.27. The molecular weight excluding hydrogens is 265 g/mol. The molecule has 1 N–H and O–H groups in total. The normalized spacial score (nSPS) is 11.4. The number of hydrogen-bond acceptors (Lipinski definition) is 3. The second-order valence-electron chi connectivity index (χ2n) is 3.67. The highest BCUT2D eigenvalue weighted by molar-refractivity contribution is 7.10. The molecular formula is C14H10FNO2S. The number of aromatic nitrogens is 1. The van der Waals surface area contributed by atoms with Crippen LogP contribution in [0.2, 0.25) is 0 Å². The van der Waals surface area contributed by atoms with Gasteiger partial charge in [0.1, 0.15) is 10.8 Å². The highest BCUT2D eigenvalue weighted by atomic mass is 32.1. The molecule has 96 valence electrons. The zero-order valence-corrected chi connectivity index (χ0v) is 10.6. The highest BCUT2D eigenvalue weighted by Crippen LogP contribution is 2.15. The van der Waals surface area contributed by atoms with Crippen molar-refractivity contribution in [3.63, 3.8) is 0 Å². The number of aliphatic carboxylic acids is 1. The molecule has 2 rings (SSSR count). The molecule has 0 amide bonds. The molecule has 0 radical (unpaired) electrons. The van der Waals surface area contributed by atoms with Gasteiger partial charge < -0.3 is 5.11 Å². The average Bonchev–Trinajstić information content (AvgIpc) is 2.82. The molecule has 0 atom stereocenters. The first-order valence-corrected chi connectivity index (χ1v) is 6.31. The van der Waals surface area contributed by atoms with Crippen LogP contribution in [0, 0.1) is 5.82 Å². The topological polar surface area (TPSA) is 50.2 Å². The van der Waals surface area contributed by atoms with Crippen molar-refractivity contribution in [3.05, 3.63) is 57.8 Å². The maximum atomic E-state index is 13.0. The van der Waals surface area contributed by atoms with E-state index in [0.717, 1.165) is 16.6 Å². The molecule has 5 heteroatoms. The summed E-state index contributed by atoms with van der Waals surface area (Å²) in [5, 5.41) is 11.0. The Bertz CT molecular complexity index is 646. The Kier molecular flexibility index (Phi) is 4.20. The second kappa shape index (κ2) is 6.06. The number of halogens is 1. The third-order valence-corrected chi connectivity index (χ3v) is 3.03. The van der Waals surface area contributed by atoms with E-state index in [1.807, 2.05) is 0 Å². The van der Waals surface area contributed by atoms with Crippen LogP contribution in [-0.4, -0.2) is 16.1 Å². The molecule has 0 spiro atoms. The van der Waals surface area contributed by atoms with Crippen molar-refractivity contribution >= 4 is 35.5 Å². The van der Waals surface area contributed by atoms with Gasteiger partial charge in [0.2, 0.25) is 0 Å². The summed E-state index contributed by atoms with van der Waals surface area (Å²) in [6, 6.07) is 6.24. The van der Waals surface area contributed by atoms with Crippen molar-refractivity contribution in [3.8, 4) is 0 Å². The Morgan fingerprint density at radius 2 is 2.16 bits per heavy atom. The monoisotopic (exact) mass is 275 g/mol. The van der Waals surface area contributed by atoms with Crippen molar-refractivity contribution in [1.29, 1.82) is 0 Å². The van der Waals surface area contributed by atoms with Gasteiger partial charge in [0, 0.05) is 11.5 Å². The summed E-state index contributed by atoms with van der Waals surface area (Å²) < 4.78 is 13.0. The first kappa shape index (κ1) is 13.2. The summed E-state index contributed by atoms with van der Waals surface area (Å²) in [6.07, 6.45) is 5.98. The van der Waals surface area contributed by atoms with Gasteiger partial charge in [0.05, 0.1) is 5.69 Å². The first-order valence-electron chi connectivity index (χ1n) is 5.44. The van der Waals surface area contributed by atoms with Gasteiger partial charge in [0.15, 0.2) is 0 Å². The van der Waals surface area contributed by atoms with Gasteiger partial charge >= 0.3 is 5.97 Å². The molecule has 0 unspecified atom stereocenters. The van der Waals surface area contributed by atoms with Gasteiger partial charge in [0.25, 0.3) is 0 Å². The van der Waals surface area contributed by atoms with Crippen LogP contribution < -0.4 is 0 Å². The lowest BCUT2D eigenvalue weighted by atomic mass is 10.2. The predicted octanol–water partition coefficient (Wildman–Crippen LogP) is 3.55. The molecule has 1 aromatic carbocycles. The van der Waals surface area contributed by atoms with Crippen molar-refractivity contribution in [1.82, 2.24) is 4.98 Å². The molecule has 0 bridgehead atoms. The van der Waals surface area contributed by atoms with Gasteiger partial charge in [-0.15, -0.1) is 11.3 Å². The largest absolute Gasteiger partial charge is 0.478 e. The smallest absolute Gasteiger partial charge is 0.328 e. The maximum absolute atomic E-state index is 13.0. The number of nitrogens with zero attached hydrogens (tertiary/aromatic N) is 1. The fourth-order valence-electron chi connectivity index (χ4n) is 1.39. The molecule has 0 aliphatic carbocycles. The van der Waals surface area contributed by atoms with E-state index in [1.165, 1.54) is 29.5 Å². The molecule has 0 saturated heterocycles. The second-order valence-corrected chi connectivity index (χ2v) is 4.56. The van der Waals surface area contributed by atoms with Crippen molar-refractivity contribution in [2.45, 2.75) is 0 Å². The third-order valence-electron chi connectivity index (χ3n) is 2.20. The highest BCUT2D eigenvalue weighted by Gasteiger charge is 1.97. The van der Waals surface area contributed by atoms with Crippen LogP contribution in [0.4, 0.5) is 4.39 Å². The van der Waals surface area contributed by atoms with E-state index in [0.29, 0.717) is 5.69 Å². The van der Waals surface area contributed by atoms with Gasteiger partial charge in [-0.3, -0.25) is 0 Å². The first-order chi connectivity index (χ1) is 9.13. The number of rotatable bonds is 4. The van der Waals surface area contributed by atoms with Gasteiger partial charge in [-0.1, -0.05) is 18.2 Å². The molecule has 0 saturated carbocycles. The Morgan fingerprint density at radius 3 is 2.89 bits per heavy atom. The van der Waals surface area contributed by atoms with E-state index in [1.54, 1.807) is 29.7 Å². The van der Waals surface area contributed by atoms with Crippen molar-refractivity contribution in [2.24, 2.45) is 0 Å². The zero-order valence-electron chi connectivity index (χ0n) is 9.79. The van der Waals surface area contributed by atoms with Gasteiger partial charge in [-0.2, -0.15) is 0 Å². The Labute approximate surface area is 113 Å². The molecule has 1 heterocycles. The SMILES string of the molecule is O=C(O)C=Cc1csc(C=Cc2cccc(F)c2)n1. The lowest BCUT2D eigenvalue weighted by molar-refractivity contribution is -0.131. The fraction of sp³-hybridized carbons (Fsp3) is 0. The molecule has 0 fully saturated rings. The standard InChI is InChI=1S/C14H10FNO2S/c15-11-3-1-2-10(8-11)4-6-13-16-12(9-19-13)5-7-14(17)18/h1-9H,(H,17,18). The Balaban J connectivity index is 2.09. The quantitative estimate of drug-likeness (QED) is 0.868. The van der Waals surface area contributed by atoms with Crippen LogP contribution in [0.5, 0.6) is 0 Å². The van der Waals surface area contributed by atoms with Crippen molar-refractivity contribution < 1.29 is 14.3 Å². The summed E-state index contributed by atoms with van der Waals surface area (Å²) in [4.78, 5) is 14.6. The number of carbonyl (C=O) groups is 1. The number of thiazole rings is 1. The third kappa shape index (κ3) is 4.15. The number of carboxylic acids is 1. The molecule has 2 aromatic rings. The summed E-state index contributed by atoms with van der Waals surface area (Å²) >= 11 is 1.39. The van der Waals surface area contributed by atoms with Crippen LogP contribution >= 0.6 is 11.3 Å². The minimum atomic E-state index is -1.01. The van der Waals surface area contributed by atoms with Crippen molar-refractivity contribution in [2.75, 3.05) is 0 Å². The molecule has 0 aliphatic rings. The zero-order chi connectivity index (χ0) is 13.7. The average molecular weight is 275 g/mol. The fourth-order valence-corrected chi connectivity index (χ4v) is 2.07. The van der Waals surface area contributed by atoms with E-state index in [2.05, 4.69) is 4.98 Å². The Morgan fingerprint density at radius 1 is 1.32 bits per heavy atom. The van der Waals surface area contributed by atoms with Crippen LogP contribution in [0.3, 0.4) is 0 Å². The van der Waals surface area contributed by atoms with Crippen LogP contribution in [-0.2, 0) is 4.79 Å². The van der Waals surface area contributed by atoms with Gasteiger partial charge in [-0.25, -0.2) is 14.2 Å². The summed E-state index contributed by atoms with van der Waals surface area (Å²) in [5.41, 5.74) is 1.34. The molecule has 0 aliphatic heterocycles. The van der Waals surface area contributed by atoms with E-state index in [4.69, 9.17) is 5.11 Å². The van der Waals surface area contributed by atoms with Crippen LogP contribution in [0.15, 0.2) is 35.7 Å². The minimum absolute atomic E-state index is 0.286. The minimum Gasteiger partial charge on any atom is -0.478 e. The summed E-state index contributed by atoms with van der Waals surface area (Å²) in [6.45, 7) is 0.